The lowest BCUT2D eigenvalue weighted by molar-refractivity contribution is 0.415. The molecule has 0 saturated carbocycles. The molecule has 0 bridgehead atoms. The molecule has 15 heavy (non-hydrogen) atoms. The van der Waals surface area contributed by atoms with Gasteiger partial charge in [0.25, 0.3) is 5.56 Å². The second kappa shape index (κ2) is 3.83. The highest BCUT2D eigenvalue weighted by atomic mass is 79.9. The molecular formula is C9H6BrClN2O2. The van der Waals surface area contributed by atoms with Crippen molar-refractivity contribution in [2.45, 2.75) is 0 Å². The van der Waals surface area contributed by atoms with E-state index >= 15 is 0 Å². The predicted molar refractivity (Wildman–Crippen MR) is 61.6 cm³/mol. The molecule has 4 nitrogen and oxygen atoms in total. The van der Waals surface area contributed by atoms with Crippen molar-refractivity contribution in [1.82, 2.24) is 9.97 Å². The van der Waals surface area contributed by atoms with Gasteiger partial charge < -0.3 is 4.74 Å². The lowest BCUT2D eigenvalue weighted by Gasteiger charge is -2.03. The van der Waals surface area contributed by atoms with Gasteiger partial charge in [0.1, 0.15) is 5.75 Å². The van der Waals surface area contributed by atoms with Gasteiger partial charge in [-0.25, -0.2) is 4.98 Å². The number of hydrogen-bond acceptors (Lipinski definition) is 3. The zero-order valence-corrected chi connectivity index (χ0v) is 10.0. The standard InChI is InChI=1S/C9H6BrClN2O2/c1-15-4-2-5(10)7-6(3-4)12-9(11)13-8(7)14/h2-3H,1H3,(H,12,13,14). The average molecular weight is 290 g/mol. The maximum absolute atomic E-state index is 11.6. The summed E-state index contributed by atoms with van der Waals surface area (Å²) in [5, 5.41) is 0.521. The van der Waals surface area contributed by atoms with Crippen LogP contribution in [0.4, 0.5) is 0 Å². The number of aromatic nitrogens is 2. The third kappa shape index (κ3) is 1.85. The molecule has 0 amide bonds. The van der Waals surface area contributed by atoms with Crippen LogP contribution in [-0.2, 0) is 0 Å². The summed E-state index contributed by atoms with van der Waals surface area (Å²) in [6, 6.07) is 3.36. The van der Waals surface area contributed by atoms with E-state index in [0.717, 1.165) is 0 Å². The number of hydrogen-bond donors (Lipinski definition) is 1. The fourth-order valence-corrected chi connectivity index (χ4v) is 2.07. The van der Waals surface area contributed by atoms with Crippen LogP contribution in [0.1, 0.15) is 0 Å². The highest BCUT2D eigenvalue weighted by Crippen LogP contribution is 2.26. The largest absolute Gasteiger partial charge is 0.497 e. The van der Waals surface area contributed by atoms with Crippen molar-refractivity contribution in [3.8, 4) is 5.75 Å². The molecule has 1 aromatic heterocycles. The normalized spacial score (nSPS) is 10.6. The summed E-state index contributed by atoms with van der Waals surface area (Å²) in [6.45, 7) is 0. The van der Waals surface area contributed by atoms with E-state index < -0.39 is 0 Å². The van der Waals surface area contributed by atoms with Crippen LogP contribution < -0.4 is 10.3 Å². The summed E-state index contributed by atoms with van der Waals surface area (Å²) in [5.41, 5.74) is 0.217. The molecule has 2 aromatic rings. The molecular weight excluding hydrogens is 283 g/mol. The minimum Gasteiger partial charge on any atom is -0.497 e. The molecule has 0 aliphatic rings. The molecule has 2 rings (SSSR count). The summed E-state index contributed by atoms with van der Waals surface area (Å²) in [5.74, 6) is 0.614. The maximum atomic E-state index is 11.6. The third-order valence-electron chi connectivity index (χ3n) is 1.94. The Hall–Kier alpha value is -1.07. The Labute approximate surface area is 98.4 Å². The number of fused-ring (bicyclic) bond motifs is 1. The lowest BCUT2D eigenvalue weighted by Crippen LogP contribution is -2.08. The maximum Gasteiger partial charge on any atom is 0.260 e. The SMILES string of the molecule is COc1cc(Br)c2c(=O)[nH]c(Cl)nc2c1. The molecule has 0 aliphatic heterocycles. The molecule has 78 valence electrons. The number of aromatic amines is 1. The monoisotopic (exact) mass is 288 g/mol. The first-order valence-corrected chi connectivity index (χ1v) is 5.22. The molecule has 1 aromatic carbocycles. The Morgan fingerprint density at radius 1 is 1.53 bits per heavy atom. The van der Waals surface area contributed by atoms with E-state index in [2.05, 4.69) is 25.9 Å². The zero-order chi connectivity index (χ0) is 11.0. The molecule has 0 saturated heterocycles. The summed E-state index contributed by atoms with van der Waals surface area (Å²) < 4.78 is 5.68. The lowest BCUT2D eigenvalue weighted by atomic mass is 10.2. The summed E-state index contributed by atoms with van der Waals surface area (Å²) >= 11 is 8.93. The Morgan fingerprint density at radius 3 is 2.93 bits per heavy atom. The number of methoxy groups -OCH3 is 1. The Kier molecular flexibility index (Phi) is 2.67. The summed E-state index contributed by atoms with van der Waals surface area (Å²) in [7, 11) is 1.54. The number of halogens is 2. The van der Waals surface area contributed by atoms with Crippen LogP contribution in [0.2, 0.25) is 5.28 Å². The molecule has 1 heterocycles. The highest BCUT2D eigenvalue weighted by molar-refractivity contribution is 9.10. The van der Waals surface area contributed by atoms with Gasteiger partial charge in [0, 0.05) is 10.5 Å². The van der Waals surface area contributed by atoms with Gasteiger partial charge in [0.05, 0.1) is 18.0 Å². The quantitative estimate of drug-likeness (QED) is 0.820. The highest BCUT2D eigenvalue weighted by Gasteiger charge is 2.08. The molecule has 0 spiro atoms. The molecule has 6 heteroatoms. The first-order valence-electron chi connectivity index (χ1n) is 4.05. The molecule has 0 atom stereocenters. The topological polar surface area (TPSA) is 55.0 Å². The van der Waals surface area contributed by atoms with Crippen molar-refractivity contribution in [2.75, 3.05) is 7.11 Å². The number of benzene rings is 1. The van der Waals surface area contributed by atoms with Crippen molar-refractivity contribution >= 4 is 38.4 Å². The van der Waals surface area contributed by atoms with E-state index in [-0.39, 0.29) is 10.8 Å². The molecule has 0 radical (unpaired) electrons. The van der Waals surface area contributed by atoms with E-state index in [9.17, 15) is 4.79 Å². The Morgan fingerprint density at radius 2 is 2.27 bits per heavy atom. The fourth-order valence-electron chi connectivity index (χ4n) is 1.29. The first kappa shape index (κ1) is 10.4. The van der Waals surface area contributed by atoms with Crippen molar-refractivity contribution < 1.29 is 4.74 Å². The van der Waals surface area contributed by atoms with Gasteiger partial charge in [-0.05, 0) is 33.6 Å². The zero-order valence-electron chi connectivity index (χ0n) is 7.67. The fraction of sp³-hybridized carbons (Fsp3) is 0.111. The van der Waals surface area contributed by atoms with E-state index in [1.165, 1.54) is 0 Å². The van der Waals surface area contributed by atoms with Crippen LogP contribution in [0.5, 0.6) is 5.75 Å². The second-order valence-corrected chi connectivity index (χ2v) is 4.07. The van der Waals surface area contributed by atoms with Crippen LogP contribution in [0.3, 0.4) is 0 Å². The molecule has 0 fully saturated rings. The summed E-state index contributed by atoms with van der Waals surface area (Å²) in [6.07, 6.45) is 0. The average Bonchev–Trinajstić information content (AvgIpc) is 2.15. The second-order valence-electron chi connectivity index (χ2n) is 2.86. The van der Waals surface area contributed by atoms with E-state index in [1.807, 2.05) is 0 Å². The minimum atomic E-state index is -0.278. The summed E-state index contributed by atoms with van der Waals surface area (Å²) in [4.78, 5) is 18.0. The Bertz CT molecular complexity index is 582. The number of H-pyrrole nitrogens is 1. The van der Waals surface area contributed by atoms with E-state index in [0.29, 0.717) is 21.1 Å². The third-order valence-corrected chi connectivity index (χ3v) is 2.75. The van der Waals surface area contributed by atoms with E-state index in [1.54, 1.807) is 19.2 Å². The van der Waals surface area contributed by atoms with Crippen molar-refractivity contribution in [1.29, 1.82) is 0 Å². The number of rotatable bonds is 1. The van der Waals surface area contributed by atoms with Crippen molar-refractivity contribution in [3.05, 3.63) is 32.2 Å². The van der Waals surface area contributed by atoms with Gasteiger partial charge >= 0.3 is 0 Å². The van der Waals surface area contributed by atoms with Gasteiger partial charge in [-0.15, -0.1) is 0 Å². The van der Waals surface area contributed by atoms with Crippen LogP contribution in [-0.4, -0.2) is 17.1 Å². The number of ether oxygens (including phenoxy) is 1. The van der Waals surface area contributed by atoms with Crippen LogP contribution in [0.15, 0.2) is 21.4 Å². The van der Waals surface area contributed by atoms with Gasteiger partial charge in [-0.1, -0.05) is 0 Å². The van der Waals surface area contributed by atoms with E-state index in [4.69, 9.17) is 16.3 Å². The van der Waals surface area contributed by atoms with Gasteiger partial charge in [-0.3, -0.25) is 9.78 Å². The number of nitrogens with zero attached hydrogens (tertiary/aromatic N) is 1. The van der Waals surface area contributed by atoms with Crippen LogP contribution >= 0.6 is 27.5 Å². The first-order chi connectivity index (χ1) is 7.11. The van der Waals surface area contributed by atoms with Crippen molar-refractivity contribution in [3.63, 3.8) is 0 Å². The molecule has 0 unspecified atom stereocenters. The van der Waals surface area contributed by atoms with Crippen molar-refractivity contribution in [2.24, 2.45) is 0 Å². The van der Waals surface area contributed by atoms with Gasteiger partial charge in [0.2, 0.25) is 5.28 Å². The van der Waals surface area contributed by atoms with Crippen LogP contribution in [0, 0.1) is 0 Å². The predicted octanol–water partition coefficient (Wildman–Crippen LogP) is 2.35. The minimum absolute atomic E-state index is 0.0626. The van der Waals surface area contributed by atoms with Crippen LogP contribution in [0.25, 0.3) is 10.9 Å². The van der Waals surface area contributed by atoms with Gasteiger partial charge in [0.15, 0.2) is 0 Å². The molecule has 0 aliphatic carbocycles. The smallest absolute Gasteiger partial charge is 0.260 e. The Balaban J connectivity index is 2.91. The van der Waals surface area contributed by atoms with Gasteiger partial charge in [-0.2, -0.15) is 0 Å². The molecule has 1 N–H and O–H groups in total. The number of nitrogens with one attached hydrogen (secondary N) is 1.